The van der Waals surface area contributed by atoms with Gasteiger partial charge in [0.15, 0.2) is 54.9 Å². The average Bonchev–Trinajstić information content (AvgIpc) is 4.03. The van der Waals surface area contributed by atoms with Crippen molar-refractivity contribution in [1.29, 1.82) is 0 Å². The Morgan fingerprint density at radius 1 is 0.467 bits per heavy atom. The number of carbonyl (C=O) groups excluding carboxylic acids is 3. The van der Waals surface area contributed by atoms with E-state index >= 15 is 0 Å². The normalized spacial score (nSPS) is 33.8. The zero-order valence-electron chi connectivity index (χ0n) is 44.3. The Morgan fingerprint density at radius 2 is 0.920 bits per heavy atom. The minimum absolute atomic E-state index is 0.0133. The van der Waals surface area contributed by atoms with Crippen LogP contribution in [0, 0.1) is 10.8 Å². The third-order valence-electron chi connectivity index (χ3n) is 13.4. The van der Waals surface area contributed by atoms with E-state index in [0.29, 0.717) is 0 Å². The summed E-state index contributed by atoms with van der Waals surface area (Å²) in [5.41, 5.74) is 0.741. The van der Waals surface area contributed by atoms with Gasteiger partial charge in [0.1, 0.15) is 48.8 Å². The van der Waals surface area contributed by atoms with E-state index in [1.165, 1.54) is 0 Å². The first-order valence-corrected chi connectivity index (χ1v) is 25.7. The van der Waals surface area contributed by atoms with Crippen molar-refractivity contribution >= 4 is 18.1 Å². The maximum absolute atomic E-state index is 14.1. The van der Waals surface area contributed by atoms with E-state index in [9.17, 15) is 14.4 Å². The van der Waals surface area contributed by atoms with Crippen molar-refractivity contribution in [2.24, 2.45) is 10.8 Å². The predicted molar refractivity (Wildman–Crippen MR) is 262 cm³/mol. The number of esters is 2. The van der Waals surface area contributed by atoms with Gasteiger partial charge < -0.3 is 75.8 Å². The van der Waals surface area contributed by atoms with Gasteiger partial charge in [0.25, 0.3) is 0 Å². The van der Waals surface area contributed by atoms with Gasteiger partial charge in [0.2, 0.25) is 0 Å². The van der Waals surface area contributed by atoms with E-state index < -0.39 is 133 Å². The number of hydrogen-bond acceptors (Lipinski definition) is 19. The Balaban J connectivity index is 1.02. The van der Waals surface area contributed by atoms with Crippen molar-refractivity contribution < 1.29 is 90.2 Å². The third-order valence-corrected chi connectivity index (χ3v) is 13.4. The fourth-order valence-electron chi connectivity index (χ4n) is 9.67. The monoisotopic (exact) mass is 1050 g/mol. The van der Waals surface area contributed by atoms with Crippen LogP contribution in [0.5, 0.6) is 0 Å². The molecule has 9 rings (SSSR count). The van der Waals surface area contributed by atoms with Gasteiger partial charge in [-0.15, -0.1) is 0 Å². The second-order valence-corrected chi connectivity index (χ2v) is 22.6. The Bertz CT molecular complexity index is 2370. The molecule has 0 N–H and O–H groups in total. The van der Waals surface area contributed by atoms with Crippen LogP contribution in [0.3, 0.4) is 0 Å². The molecule has 3 aromatic carbocycles. The van der Waals surface area contributed by atoms with Crippen LogP contribution in [0.15, 0.2) is 91.0 Å². The predicted octanol–water partition coefficient (Wildman–Crippen LogP) is 7.07. The van der Waals surface area contributed by atoms with E-state index in [-0.39, 0.29) is 39.6 Å². The highest BCUT2D eigenvalue weighted by Gasteiger charge is 2.62. The molecule has 6 fully saturated rings. The number of ether oxygens (including phenoxy) is 16. The lowest BCUT2D eigenvalue weighted by Crippen LogP contribution is -2.64. The molecular formula is C56H72O19. The van der Waals surface area contributed by atoms with Crippen molar-refractivity contribution in [3.63, 3.8) is 0 Å². The molecule has 19 heteroatoms. The minimum Gasteiger partial charge on any atom is -0.454 e. The van der Waals surface area contributed by atoms with Crippen LogP contribution in [-0.2, 0) is 105 Å². The molecule has 410 valence electrons. The Morgan fingerprint density at radius 3 is 1.49 bits per heavy atom. The van der Waals surface area contributed by atoms with Crippen LogP contribution in [0.1, 0.15) is 85.9 Å². The molecule has 0 radical (unpaired) electrons. The number of rotatable bonds is 18. The summed E-state index contributed by atoms with van der Waals surface area (Å²) < 4.78 is 102. The molecule has 0 aliphatic carbocycles. The van der Waals surface area contributed by atoms with Crippen molar-refractivity contribution in [2.45, 2.75) is 193 Å². The number of benzene rings is 3. The van der Waals surface area contributed by atoms with Crippen LogP contribution in [0.2, 0.25) is 0 Å². The smallest absolute Gasteiger partial charge is 0.454 e. The van der Waals surface area contributed by atoms with Gasteiger partial charge >= 0.3 is 18.1 Å². The molecule has 0 unspecified atom stereocenters. The summed E-state index contributed by atoms with van der Waals surface area (Å²) >= 11 is 0. The molecule has 0 amide bonds. The molecule has 0 spiro atoms. The third kappa shape index (κ3) is 13.4. The Labute approximate surface area is 438 Å². The van der Waals surface area contributed by atoms with Crippen LogP contribution in [-0.4, -0.2) is 142 Å². The first-order valence-electron chi connectivity index (χ1n) is 25.7. The molecule has 6 saturated heterocycles. The summed E-state index contributed by atoms with van der Waals surface area (Å²) in [7, 11) is 0. The van der Waals surface area contributed by atoms with Crippen LogP contribution < -0.4 is 0 Å². The molecular weight excluding hydrogens is 977 g/mol. The van der Waals surface area contributed by atoms with Crippen molar-refractivity contribution in [3.05, 3.63) is 108 Å². The van der Waals surface area contributed by atoms with Crippen LogP contribution in [0.4, 0.5) is 4.79 Å². The van der Waals surface area contributed by atoms with Gasteiger partial charge in [0.05, 0.1) is 50.5 Å². The zero-order chi connectivity index (χ0) is 53.3. The summed E-state index contributed by atoms with van der Waals surface area (Å²) in [4.78, 5) is 40.9. The maximum Gasteiger partial charge on any atom is 0.509 e. The molecule has 19 nitrogen and oxygen atoms in total. The van der Waals surface area contributed by atoms with Crippen molar-refractivity contribution in [3.8, 4) is 0 Å². The fraction of sp³-hybridized carbons (Fsp3) is 0.625. The summed E-state index contributed by atoms with van der Waals surface area (Å²) in [6.45, 7) is 17.5. The fourth-order valence-corrected chi connectivity index (χ4v) is 9.67. The SMILES string of the molecule is CC1(C)O[C@H]2[C@@H](O1)[C@@H](CO[C@@H]1O[C@H](CO[C@@H]3O[C@H](COCc4ccccc4)[C@@H](OCc4ccccc4)[C@H](OCc4ccccc4)[C@H]3OC(=O)C(C)(C)C)[C@@H]3OC(=O)O[C@@H]3[C@H]1OC(=O)C(C)(C)C)O[C@@H]1OC(C)(C)O[C@@H]12. The van der Waals surface area contributed by atoms with Gasteiger partial charge in [-0.1, -0.05) is 91.0 Å². The lowest BCUT2D eigenvalue weighted by atomic mass is 9.95. The van der Waals surface area contributed by atoms with Gasteiger partial charge in [0, 0.05) is 0 Å². The molecule has 6 heterocycles. The minimum atomic E-state index is -1.40. The quantitative estimate of drug-likeness (QED) is 0.0924. The van der Waals surface area contributed by atoms with Gasteiger partial charge in [-0.05, 0) is 85.9 Å². The average molecular weight is 1050 g/mol. The topological polar surface area (TPSA) is 199 Å². The molecule has 75 heavy (non-hydrogen) atoms. The standard InChI is InChI=1S/C56H72O19/c1-53(2,3)50(57)68-44-41(62-28-34-24-18-13-19-25-34)38(61-27-33-22-16-12-17-23-33)35(29-60-26-32-20-14-11-15-21-32)65-47(44)63-30-36-39-42(71-52(59)70-39)45(69-51(58)54(4,5)6)48(66-36)64-31-37-40-43(73-55(7,8)72-40)46-49(67-37)75-56(9,10)74-46/h11-25,35-49H,26-31H2,1-10H3/t35-,36-,37-,38-,39+,40+,41+,42+,43+,44-,45-,46-,47-,48-,49-/m1/s1. The summed E-state index contributed by atoms with van der Waals surface area (Å²) in [6.07, 6.45) is -16.1. The van der Waals surface area contributed by atoms with E-state index in [4.69, 9.17) is 75.8 Å². The summed E-state index contributed by atoms with van der Waals surface area (Å²) in [5.74, 6) is -3.13. The second kappa shape index (κ2) is 22.8. The number of hydrogen-bond donors (Lipinski definition) is 0. The van der Waals surface area contributed by atoms with E-state index in [0.717, 1.165) is 16.7 Å². The van der Waals surface area contributed by atoms with E-state index in [2.05, 4.69) is 0 Å². The number of fused-ring (bicyclic) bond motifs is 4. The first-order chi connectivity index (χ1) is 35.6. The van der Waals surface area contributed by atoms with Crippen LogP contribution in [0.25, 0.3) is 0 Å². The summed E-state index contributed by atoms with van der Waals surface area (Å²) in [5, 5.41) is 0. The molecule has 0 saturated carbocycles. The van der Waals surface area contributed by atoms with Crippen LogP contribution >= 0.6 is 0 Å². The largest absolute Gasteiger partial charge is 0.509 e. The molecule has 6 aliphatic rings. The number of carbonyl (C=O) groups is 3. The zero-order valence-corrected chi connectivity index (χ0v) is 44.3. The maximum atomic E-state index is 14.1. The van der Waals surface area contributed by atoms with Gasteiger partial charge in [-0.2, -0.15) is 0 Å². The van der Waals surface area contributed by atoms with E-state index in [1.807, 2.05) is 91.0 Å². The molecule has 6 aliphatic heterocycles. The van der Waals surface area contributed by atoms with E-state index in [1.54, 1.807) is 69.2 Å². The lowest BCUT2D eigenvalue weighted by molar-refractivity contribution is -0.339. The summed E-state index contributed by atoms with van der Waals surface area (Å²) in [6, 6.07) is 28.9. The highest BCUT2D eigenvalue weighted by Crippen LogP contribution is 2.45. The second-order valence-electron chi connectivity index (χ2n) is 22.6. The highest BCUT2D eigenvalue weighted by molar-refractivity contribution is 5.76. The molecule has 3 aromatic rings. The van der Waals surface area contributed by atoms with Crippen molar-refractivity contribution in [1.82, 2.24) is 0 Å². The molecule has 0 aromatic heterocycles. The van der Waals surface area contributed by atoms with Crippen molar-refractivity contribution in [2.75, 3.05) is 19.8 Å². The highest BCUT2D eigenvalue weighted by atomic mass is 16.9. The lowest BCUT2D eigenvalue weighted by Gasteiger charge is -2.46. The first kappa shape index (κ1) is 55.2. The van der Waals surface area contributed by atoms with Gasteiger partial charge in [-0.25, -0.2) is 4.79 Å². The Kier molecular flexibility index (Phi) is 16.7. The molecule has 15 atom stereocenters. The Hall–Kier alpha value is -4.61. The van der Waals surface area contributed by atoms with Gasteiger partial charge in [-0.3, -0.25) is 9.59 Å². The molecule has 0 bridgehead atoms.